The van der Waals surface area contributed by atoms with Crippen LogP contribution in [0.15, 0.2) is 30.3 Å². The molecule has 0 unspecified atom stereocenters. The lowest BCUT2D eigenvalue weighted by molar-refractivity contribution is -0.00322. The lowest BCUT2D eigenvalue weighted by atomic mass is 9.88. The maximum atomic E-state index is 13.2. The van der Waals surface area contributed by atoms with Gasteiger partial charge in [-0.05, 0) is 37.7 Å². The topological polar surface area (TPSA) is 47.4 Å². The zero-order valence-corrected chi connectivity index (χ0v) is 15.6. The molecule has 0 radical (unpaired) electrons. The summed E-state index contributed by atoms with van der Waals surface area (Å²) in [5.41, 5.74) is 4.38. The molecule has 0 N–H and O–H groups in total. The highest BCUT2D eigenvalue weighted by Gasteiger charge is 2.34. The van der Waals surface area contributed by atoms with Crippen molar-refractivity contribution in [1.82, 2.24) is 14.7 Å². The van der Waals surface area contributed by atoms with Crippen molar-refractivity contribution in [2.45, 2.75) is 38.2 Å². The van der Waals surface area contributed by atoms with Crippen LogP contribution in [0.2, 0.25) is 0 Å². The predicted octanol–water partition coefficient (Wildman–Crippen LogP) is 2.63. The van der Waals surface area contributed by atoms with Crippen LogP contribution in [-0.2, 0) is 31.0 Å². The summed E-state index contributed by atoms with van der Waals surface area (Å²) in [5, 5.41) is 4.55. The third kappa shape index (κ3) is 3.16. The van der Waals surface area contributed by atoms with Crippen molar-refractivity contribution in [3.05, 3.63) is 52.8 Å². The minimum Gasteiger partial charge on any atom is -0.381 e. The Balaban J connectivity index is 1.52. The zero-order chi connectivity index (χ0) is 18.1. The maximum absolute atomic E-state index is 13.2. The van der Waals surface area contributed by atoms with Crippen LogP contribution in [0.25, 0.3) is 0 Å². The summed E-state index contributed by atoms with van der Waals surface area (Å²) in [6, 6.07) is 10.5. The molecule has 5 nitrogen and oxygen atoms in total. The van der Waals surface area contributed by atoms with E-state index in [2.05, 4.69) is 29.4 Å². The molecule has 0 saturated carbocycles. The van der Waals surface area contributed by atoms with Gasteiger partial charge in [-0.3, -0.25) is 9.48 Å². The summed E-state index contributed by atoms with van der Waals surface area (Å²) >= 11 is 0. The Morgan fingerprint density at radius 2 is 2.08 bits per heavy atom. The molecule has 1 saturated heterocycles. The van der Waals surface area contributed by atoms with Gasteiger partial charge in [0.05, 0.1) is 6.10 Å². The summed E-state index contributed by atoms with van der Waals surface area (Å²) in [6.45, 7) is 1.48. The predicted molar refractivity (Wildman–Crippen MR) is 100 cm³/mol. The molecule has 1 aliphatic carbocycles. The van der Waals surface area contributed by atoms with Gasteiger partial charge in [0.2, 0.25) is 0 Å². The summed E-state index contributed by atoms with van der Waals surface area (Å²) in [4.78, 5) is 15.2. The maximum Gasteiger partial charge on any atom is 0.274 e. The standard InChI is InChI=1S/C21H27N3O2/c1-23-18-10-6-9-17(18)20(22-23)21(25)24-12-11-19(26-2)16(14-24)13-15-7-4-3-5-8-15/h3-5,7-8,16,19H,6,9-14H2,1-2H3/t16-,19-/m1/s1. The van der Waals surface area contributed by atoms with E-state index in [4.69, 9.17) is 4.74 Å². The molecule has 5 heteroatoms. The van der Waals surface area contributed by atoms with Crippen molar-refractivity contribution in [2.24, 2.45) is 13.0 Å². The SMILES string of the molecule is CO[C@@H]1CCN(C(=O)c2nn(C)c3c2CCC3)C[C@H]1Cc1ccccc1. The second kappa shape index (κ2) is 7.23. The average molecular weight is 353 g/mol. The van der Waals surface area contributed by atoms with Gasteiger partial charge in [0.15, 0.2) is 5.69 Å². The van der Waals surface area contributed by atoms with Gasteiger partial charge in [0.1, 0.15) is 0 Å². The highest BCUT2D eigenvalue weighted by atomic mass is 16.5. The highest BCUT2D eigenvalue weighted by Crippen LogP contribution is 2.28. The molecule has 2 heterocycles. The molecule has 2 aliphatic rings. The third-order valence-corrected chi connectivity index (χ3v) is 5.91. The average Bonchev–Trinajstić information content (AvgIpc) is 3.26. The number of nitrogens with zero attached hydrogens (tertiary/aromatic N) is 3. The van der Waals surface area contributed by atoms with E-state index >= 15 is 0 Å². The Kier molecular flexibility index (Phi) is 4.81. The Bertz CT molecular complexity index is 784. The van der Waals surface area contributed by atoms with Crippen LogP contribution in [0.1, 0.15) is 40.2 Å². The van der Waals surface area contributed by atoms with Gasteiger partial charge >= 0.3 is 0 Å². The van der Waals surface area contributed by atoms with Crippen LogP contribution in [0.3, 0.4) is 0 Å². The number of hydrogen-bond donors (Lipinski definition) is 0. The first-order chi connectivity index (χ1) is 12.7. The number of aromatic nitrogens is 2. The Labute approximate surface area is 154 Å². The largest absolute Gasteiger partial charge is 0.381 e. The molecule has 1 aromatic carbocycles. The Morgan fingerprint density at radius 1 is 1.27 bits per heavy atom. The van der Waals surface area contributed by atoms with Crippen LogP contribution in [0.5, 0.6) is 0 Å². The fraction of sp³-hybridized carbons (Fsp3) is 0.524. The number of carbonyl (C=O) groups is 1. The monoisotopic (exact) mass is 353 g/mol. The molecule has 1 amide bonds. The van der Waals surface area contributed by atoms with Crippen molar-refractivity contribution in [3.63, 3.8) is 0 Å². The van der Waals surface area contributed by atoms with E-state index in [9.17, 15) is 4.79 Å². The van der Waals surface area contributed by atoms with E-state index in [0.717, 1.165) is 45.2 Å². The van der Waals surface area contributed by atoms with Gasteiger partial charge in [-0.2, -0.15) is 5.10 Å². The first kappa shape index (κ1) is 17.3. The smallest absolute Gasteiger partial charge is 0.274 e. The molecule has 4 rings (SSSR count). The Morgan fingerprint density at radius 3 is 2.85 bits per heavy atom. The second-order valence-electron chi connectivity index (χ2n) is 7.51. The molecule has 1 fully saturated rings. The number of ether oxygens (including phenoxy) is 1. The number of hydrogen-bond acceptors (Lipinski definition) is 3. The number of piperidine rings is 1. The molecule has 0 bridgehead atoms. The highest BCUT2D eigenvalue weighted by molar-refractivity contribution is 5.94. The number of benzene rings is 1. The number of carbonyl (C=O) groups excluding carboxylic acids is 1. The fourth-order valence-corrected chi connectivity index (χ4v) is 4.55. The zero-order valence-electron chi connectivity index (χ0n) is 15.6. The van der Waals surface area contributed by atoms with E-state index in [1.165, 1.54) is 16.8 Å². The van der Waals surface area contributed by atoms with Crippen molar-refractivity contribution in [2.75, 3.05) is 20.2 Å². The van der Waals surface area contributed by atoms with E-state index in [0.29, 0.717) is 11.6 Å². The van der Waals surface area contributed by atoms with Crippen molar-refractivity contribution in [3.8, 4) is 0 Å². The number of aryl methyl sites for hydroxylation is 1. The van der Waals surface area contributed by atoms with Gasteiger partial charge in [0, 0.05) is 44.4 Å². The first-order valence-corrected chi connectivity index (χ1v) is 9.58. The number of fused-ring (bicyclic) bond motifs is 1. The number of rotatable bonds is 4. The van der Waals surface area contributed by atoms with Gasteiger partial charge in [0.25, 0.3) is 5.91 Å². The minimum atomic E-state index is 0.0939. The summed E-state index contributed by atoms with van der Waals surface area (Å²) in [7, 11) is 3.74. The van der Waals surface area contributed by atoms with Gasteiger partial charge in [-0.1, -0.05) is 30.3 Å². The van der Waals surface area contributed by atoms with Crippen LogP contribution in [0.4, 0.5) is 0 Å². The van der Waals surface area contributed by atoms with Crippen molar-refractivity contribution in [1.29, 1.82) is 0 Å². The lowest BCUT2D eigenvalue weighted by Crippen LogP contribution is -2.47. The molecular formula is C21H27N3O2. The van der Waals surface area contributed by atoms with Crippen LogP contribution in [-0.4, -0.2) is 46.9 Å². The molecule has 0 spiro atoms. The first-order valence-electron chi connectivity index (χ1n) is 9.58. The summed E-state index contributed by atoms with van der Waals surface area (Å²) in [5.74, 6) is 0.410. The number of methoxy groups -OCH3 is 1. The number of amides is 1. The van der Waals surface area contributed by atoms with E-state index in [-0.39, 0.29) is 12.0 Å². The van der Waals surface area contributed by atoms with E-state index in [1.54, 1.807) is 7.11 Å². The van der Waals surface area contributed by atoms with Crippen LogP contribution >= 0.6 is 0 Å². The normalized spacial score (nSPS) is 22.5. The molecule has 26 heavy (non-hydrogen) atoms. The molecule has 2 atom stereocenters. The Hall–Kier alpha value is -2.14. The van der Waals surface area contributed by atoms with Crippen molar-refractivity contribution < 1.29 is 9.53 Å². The molecule has 1 aromatic heterocycles. The van der Waals surface area contributed by atoms with Gasteiger partial charge in [-0.25, -0.2) is 0 Å². The third-order valence-electron chi connectivity index (χ3n) is 5.91. The van der Waals surface area contributed by atoms with Gasteiger partial charge in [-0.15, -0.1) is 0 Å². The van der Waals surface area contributed by atoms with Crippen LogP contribution < -0.4 is 0 Å². The van der Waals surface area contributed by atoms with Crippen molar-refractivity contribution >= 4 is 5.91 Å². The summed E-state index contributed by atoms with van der Waals surface area (Å²) < 4.78 is 7.63. The molecule has 2 aromatic rings. The number of likely N-dealkylation sites (tertiary alicyclic amines) is 1. The van der Waals surface area contributed by atoms with Crippen LogP contribution in [0, 0.1) is 5.92 Å². The summed E-state index contributed by atoms with van der Waals surface area (Å²) in [6.07, 6.45) is 5.16. The van der Waals surface area contributed by atoms with E-state index in [1.807, 2.05) is 22.7 Å². The quantitative estimate of drug-likeness (QED) is 0.849. The second-order valence-corrected chi connectivity index (χ2v) is 7.51. The molecule has 138 valence electrons. The molecular weight excluding hydrogens is 326 g/mol. The minimum absolute atomic E-state index is 0.0939. The van der Waals surface area contributed by atoms with E-state index < -0.39 is 0 Å². The van der Waals surface area contributed by atoms with Gasteiger partial charge < -0.3 is 9.64 Å². The fourth-order valence-electron chi connectivity index (χ4n) is 4.55. The molecule has 1 aliphatic heterocycles. The lowest BCUT2D eigenvalue weighted by Gasteiger charge is -2.38.